The molecule has 2 aliphatic heterocycles. The quantitative estimate of drug-likeness (QED) is 0.389. The summed E-state index contributed by atoms with van der Waals surface area (Å²) in [6.45, 7) is 9.73. The number of aryl methyl sites for hydroxylation is 2. The third-order valence-electron chi connectivity index (χ3n) is 5.98. The van der Waals surface area contributed by atoms with Crippen molar-refractivity contribution in [3.63, 3.8) is 0 Å². The highest BCUT2D eigenvalue weighted by Crippen LogP contribution is 2.31. The summed E-state index contributed by atoms with van der Waals surface area (Å²) in [6, 6.07) is 6.40. The number of anilines is 1. The minimum absolute atomic E-state index is 0. The van der Waals surface area contributed by atoms with E-state index >= 15 is 0 Å². The zero-order valence-electron chi connectivity index (χ0n) is 17.1. The van der Waals surface area contributed by atoms with E-state index in [0.29, 0.717) is 5.96 Å². The Hall–Kier alpha value is -0.860. The van der Waals surface area contributed by atoms with Crippen LogP contribution >= 0.6 is 24.0 Å². The lowest BCUT2D eigenvalue weighted by molar-refractivity contribution is 0.0209. The van der Waals surface area contributed by atoms with E-state index in [1.807, 2.05) is 0 Å². The van der Waals surface area contributed by atoms with Crippen molar-refractivity contribution in [3.8, 4) is 0 Å². The van der Waals surface area contributed by atoms with Crippen molar-refractivity contribution < 1.29 is 0 Å². The molecule has 0 aromatic heterocycles. The molecule has 0 unspecified atom stereocenters. The SMILES string of the molecule is Cc1cc(C)cc(NC(N)=NCC2(N3CCCCC3)CCN(C)CC2)c1.I. The van der Waals surface area contributed by atoms with E-state index < -0.39 is 0 Å². The summed E-state index contributed by atoms with van der Waals surface area (Å²) in [5, 5.41) is 3.29. The van der Waals surface area contributed by atoms with Crippen LogP contribution in [0.5, 0.6) is 0 Å². The van der Waals surface area contributed by atoms with Gasteiger partial charge in [0.1, 0.15) is 0 Å². The molecular weight excluding hydrogens is 449 g/mol. The largest absolute Gasteiger partial charge is 0.370 e. The maximum atomic E-state index is 6.25. The predicted octanol–water partition coefficient (Wildman–Crippen LogP) is 3.60. The standard InChI is InChI=1S/C21H35N5.HI/c1-17-13-18(2)15-19(14-17)24-20(22)23-16-21(7-11-25(3)12-8-21)26-9-5-4-6-10-26;/h13-15H,4-12,16H2,1-3H3,(H3,22,23,24);1H. The van der Waals surface area contributed by atoms with Crippen LogP contribution in [-0.4, -0.2) is 61.1 Å². The number of likely N-dealkylation sites (tertiary alicyclic amines) is 2. The Labute approximate surface area is 181 Å². The van der Waals surface area contributed by atoms with Gasteiger partial charge < -0.3 is 16.0 Å². The van der Waals surface area contributed by atoms with Crippen molar-refractivity contribution in [2.24, 2.45) is 10.7 Å². The maximum Gasteiger partial charge on any atom is 0.193 e. The molecular formula is C21H36IN5. The van der Waals surface area contributed by atoms with Gasteiger partial charge in [-0.3, -0.25) is 9.89 Å². The minimum atomic E-state index is 0. The molecule has 2 saturated heterocycles. The molecule has 3 rings (SSSR count). The Morgan fingerprint density at radius 3 is 2.22 bits per heavy atom. The Bertz CT molecular complexity index is 611. The third-order valence-corrected chi connectivity index (χ3v) is 5.98. The average Bonchev–Trinajstić information content (AvgIpc) is 2.61. The van der Waals surface area contributed by atoms with Crippen molar-refractivity contribution in [1.82, 2.24) is 9.80 Å². The molecule has 0 atom stereocenters. The molecule has 0 saturated carbocycles. The van der Waals surface area contributed by atoms with Gasteiger partial charge in [-0.05, 0) is 96.0 Å². The maximum absolute atomic E-state index is 6.25. The van der Waals surface area contributed by atoms with E-state index in [2.05, 4.69) is 54.2 Å². The molecule has 27 heavy (non-hydrogen) atoms. The van der Waals surface area contributed by atoms with Crippen molar-refractivity contribution in [2.75, 3.05) is 45.1 Å². The molecule has 1 aromatic carbocycles. The first-order valence-corrected chi connectivity index (χ1v) is 10.1. The summed E-state index contributed by atoms with van der Waals surface area (Å²) in [5.74, 6) is 0.533. The fourth-order valence-electron chi connectivity index (χ4n) is 4.44. The second kappa shape index (κ2) is 10.1. The number of hydrogen-bond donors (Lipinski definition) is 2. The molecule has 0 amide bonds. The number of aliphatic imine (C=N–C) groups is 1. The number of halogens is 1. The van der Waals surface area contributed by atoms with Crippen LogP contribution in [0.1, 0.15) is 43.2 Å². The fourth-order valence-corrected chi connectivity index (χ4v) is 4.44. The lowest BCUT2D eigenvalue weighted by atomic mass is 9.84. The van der Waals surface area contributed by atoms with Crippen LogP contribution in [0.3, 0.4) is 0 Å². The number of rotatable bonds is 4. The number of benzene rings is 1. The zero-order valence-corrected chi connectivity index (χ0v) is 19.5. The molecule has 0 spiro atoms. The van der Waals surface area contributed by atoms with Gasteiger partial charge >= 0.3 is 0 Å². The van der Waals surface area contributed by atoms with E-state index in [0.717, 1.165) is 25.3 Å². The highest BCUT2D eigenvalue weighted by atomic mass is 127. The van der Waals surface area contributed by atoms with Crippen LogP contribution in [0.2, 0.25) is 0 Å². The molecule has 2 aliphatic rings. The van der Waals surface area contributed by atoms with Gasteiger partial charge in [0, 0.05) is 11.2 Å². The third kappa shape index (κ3) is 6.06. The van der Waals surface area contributed by atoms with Gasteiger partial charge in [0.2, 0.25) is 0 Å². The van der Waals surface area contributed by atoms with Gasteiger partial charge in [-0.2, -0.15) is 0 Å². The summed E-state index contributed by atoms with van der Waals surface area (Å²) < 4.78 is 0. The minimum Gasteiger partial charge on any atom is -0.370 e. The van der Waals surface area contributed by atoms with Crippen LogP contribution in [0.25, 0.3) is 0 Å². The van der Waals surface area contributed by atoms with Crippen molar-refractivity contribution in [3.05, 3.63) is 29.3 Å². The van der Waals surface area contributed by atoms with E-state index in [4.69, 9.17) is 10.7 Å². The summed E-state index contributed by atoms with van der Waals surface area (Å²) >= 11 is 0. The second-order valence-corrected chi connectivity index (χ2v) is 8.28. The summed E-state index contributed by atoms with van der Waals surface area (Å²) in [5.41, 5.74) is 9.93. The van der Waals surface area contributed by atoms with Gasteiger partial charge in [-0.15, -0.1) is 24.0 Å². The van der Waals surface area contributed by atoms with Gasteiger partial charge in [0.25, 0.3) is 0 Å². The van der Waals surface area contributed by atoms with Crippen LogP contribution in [-0.2, 0) is 0 Å². The molecule has 0 bridgehead atoms. The smallest absolute Gasteiger partial charge is 0.193 e. The van der Waals surface area contributed by atoms with Crippen LogP contribution in [0.15, 0.2) is 23.2 Å². The molecule has 0 aliphatic carbocycles. The summed E-state index contributed by atoms with van der Waals surface area (Å²) in [6.07, 6.45) is 6.37. The van der Waals surface area contributed by atoms with Gasteiger partial charge in [-0.25, -0.2) is 0 Å². The number of guanidine groups is 1. The van der Waals surface area contributed by atoms with E-state index in [1.54, 1.807) is 0 Å². The molecule has 5 nitrogen and oxygen atoms in total. The van der Waals surface area contributed by atoms with Crippen molar-refractivity contribution >= 4 is 35.6 Å². The summed E-state index contributed by atoms with van der Waals surface area (Å²) in [7, 11) is 2.22. The van der Waals surface area contributed by atoms with Crippen LogP contribution < -0.4 is 11.1 Å². The Kier molecular flexibility index (Phi) is 8.37. The topological polar surface area (TPSA) is 56.9 Å². The van der Waals surface area contributed by atoms with E-state index in [1.165, 1.54) is 56.3 Å². The molecule has 3 N–H and O–H groups in total. The predicted molar refractivity (Wildman–Crippen MR) is 126 cm³/mol. The molecule has 2 heterocycles. The van der Waals surface area contributed by atoms with Gasteiger partial charge in [0.05, 0.1) is 6.54 Å². The van der Waals surface area contributed by atoms with Crippen molar-refractivity contribution in [2.45, 2.75) is 51.5 Å². The highest BCUT2D eigenvalue weighted by molar-refractivity contribution is 14.0. The van der Waals surface area contributed by atoms with Gasteiger partial charge in [0.15, 0.2) is 5.96 Å². The second-order valence-electron chi connectivity index (χ2n) is 8.28. The lowest BCUT2D eigenvalue weighted by Gasteiger charge is -2.49. The number of nitrogens with two attached hydrogens (primary N) is 1. The first-order valence-electron chi connectivity index (χ1n) is 10.1. The Morgan fingerprint density at radius 2 is 1.63 bits per heavy atom. The zero-order chi connectivity index (χ0) is 18.6. The molecule has 152 valence electrons. The molecule has 1 aromatic rings. The average molecular weight is 485 g/mol. The Balaban J connectivity index is 0.00000261. The number of piperidine rings is 2. The summed E-state index contributed by atoms with van der Waals surface area (Å²) in [4.78, 5) is 9.94. The highest BCUT2D eigenvalue weighted by Gasteiger charge is 2.39. The van der Waals surface area contributed by atoms with Gasteiger partial charge in [-0.1, -0.05) is 12.5 Å². The van der Waals surface area contributed by atoms with E-state index in [9.17, 15) is 0 Å². The number of hydrogen-bond acceptors (Lipinski definition) is 3. The monoisotopic (exact) mass is 485 g/mol. The van der Waals surface area contributed by atoms with Crippen LogP contribution in [0, 0.1) is 13.8 Å². The first-order chi connectivity index (χ1) is 12.5. The lowest BCUT2D eigenvalue weighted by Crippen LogP contribution is -2.58. The number of nitrogens with one attached hydrogen (secondary N) is 1. The normalized spacial score (nSPS) is 21.5. The van der Waals surface area contributed by atoms with Crippen LogP contribution in [0.4, 0.5) is 5.69 Å². The molecule has 2 fully saturated rings. The fraction of sp³-hybridized carbons (Fsp3) is 0.667. The van der Waals surface area contributed by atoms with E-state index in [-0.39, 0.29) is 29.5 Å². The molecule has 0 radical (unpaired) electrons. The Morgan fingerprint density at radius 1 is 1.04 bits per heavy atom. The first kappa shape index (κ1) is 22.4. The van der Waals surface area contributed by atoms with Crippen molar-refractivity contribution in [1.29, 1.82) is 0 Å². The molecule has 6 heteroatoms. The number of nitrogens with zero attached hydrogens (tertiary/aromatic N) is 3.